The number of nitrogens with two attached hydrogens (primary N) is 1. The summed E-state index contributed by atoms with van der Waals surface area (Å²) in [7, 11) is 0. The van der Waals surface area contributed by atoms with Crippen molar-refractivity contribution in [2.45, 2.75) is 20.0 Å². The minimum Gasteiger partial charge on any atom is -0.369 e. The van der Waals surface area contributed by atoms with Crippen LogP contribution < -0.4 is 11.4 Å². The SMILES string of the molecule is Cc1cc(-c2c(-c3ccccc3)nc(N)n3c(=O)n(Cc4ccc(F)cn4)nc23)cc2c1N=NC2. The van der Waals surface area contributed by atoms with E-state index in [0.717, 1.165) is 34.1 Å². The van der Waals surface area contributed by atoms with Crippen LogP contribution in [-0.2, 0) is 13.1 Å². The van der Waals surface area contributed by atoms with Crippen LogP contribution in [0, 0.1) is 12.7 Å². The lowest BCUT2D eigenvalue weighted by atomic mass is 9.95. The molecule has 9 nitrogen and oxygen atoms in total. The molecule has 0 saturated carbocycles. The average Bonchev–Trinajstić information content (AvgIpc) is 3.46. The van der Waals surface area contributed by atoms with E-state index < -0.39 is 11.5 Å². The topological polar surface area (TPSA) is 116 Å². The number of anilines is 1. The van der Waals surface area contributed by atoms with Crippen LogP contribution in [-0.4, -0.2) is 24.1 Å². The highest BCUT2D eigenvalue weighted by Gasteiger charge is 2.23. The predicted octanol–water partition coefficient (Wildman–Crippen LogP) is 4.30. The zero-order valence-corrected chi connectivity index (χ0v) is 18.7. The Balaban J connectivity index is 1.63. The van der Waals surface area contributed by atoms with Crippen LogP contribution in [0.5, 0.6) is 0 Å². The molecule has 1 aliphatic heterocycles. The van der Waals surface area contributed by atoms with Gasteiger partial charge in [-0.2, -0.15) is 10.2 Å². The first-order valence-electron chi connectivity index (χ1n) is 11.0. The van der Waals surface area contributed by atoms with E-state index in [9.17, 15) is 9.18 Å². The summed E-state index contributed by atoms with van der Waals surface area (Å²) in [5.74, 6) is -0.432. The van der Waals surface area contributed by atoms with E-state index in [1.807, 2.05) is 49.4 Å². The first-order valence-corrected chi connectivity index (χ1v) is 11.0. The fourth-order valence-electron chi connectivity index (χ4n) is 4.37. The Labute approximate surface area is 198 Å². The highest BCUT2D eigenvalue weighted by atomic mass is 19.1. The zero-order valence-electron chi connectivity index (χ0n) is 18.7. The van der Waals surface area contributed by atoms with E-state index in [1.165, 1.54) is 21.2 Å². The summed E-state index contributed by atoms with van der Waals surface area (Å²) in [6.45, 7) is 2.52. The average molecular weight is 466 g/mol. The molecule has 2 N–H and O–H groups in total. The van der Waals surface area contributed by atoms with E-state index in [1.54, 1.807) is 0 Å². The van der Waals surface area contributed by atoms with Gasteiger partial charge in [0.15, 0.2) is 5.65 Å². The molecule has 6 rings (SSSR count). The van der Waals surface area contributed by atoms with Gasteiger partial charge < -0.3 is 5.73 Å². The van der Waals surface area contributed by atoms with Gasteiger partial charge in [0.05, 0.1) is 41.9 Å². The van der Waals surface area contributed by atoms with Crippen LogP contribution in [0.3, 0.4) is 0 Å². The second kappa shape index (κ2) is 7.94. The summed E-state index contributed by atoms with van der Waals surface area (Å²) in [6, 6.07) is 16.4. The minimum atomic E-state index is -0.458. The molecule has 0 unspecified atom stereocenters. The lowest BCUT2D eigenvalue weighted by molar-refractivity contribution is 0.609. The van der Waals surface area contributed by atoms with Crippen LogP contribution in [0.15, 0.2) is 75.8 Å². The molecule has 0 saturated heterocycles. The third-order valence-corrected chi connectivity index (χ3v) is 5.98. The Bertz CT molecular complexity index is 1690. The van der Waals surface area contributed by atoms with Crippen LogP contribution in [0.25, 0.3) is 28.0 Å². The highest BCUT2D eigenvalue weighted by Crippen LogP contribution is 2.39. The largest absolute Gasteiger partial charge is 0.369 e. The Hall–Kier alpha value is -4.73. The molecule has 0 fully saturated rings. The summed E-state index contributed by atoms with van der Waals surface area (Å²) >= 11 is 0. The molecule has 0 radical (unpaired) electrons. The number of hydrogen-bond donors (Lipinski definition) is 1. The molecule has 0 atom stereocenters. The van der Waals surface area contributed by atoms with Crippen LogP contribution in [0.1, 0.15) is 16.8 Å². The summed E-state index contributed by atoms with van der Waals surface area (Å²) < 4.78 is 15.9. The molecule has 0 aliphatic carbocycles. The molecule has 1 aliphatic rings. The van der Waals surface area contributed by atoms with Crippen molar-refractivity contribution < 1.29 is 4.39 Å². The van der Waals surface area contributed by atoms with Crippen molar-refractivity contribution in [3.63, 3.8) is 0 Å². The van der Waals surface area contributed by atoms with Gasteiger partial charge in [-0.3, -0.25) is 4.98 Å². The molecule has 4 heterocycles. The molecular weight excluding hydrogens is 447 g/mol. The van der Waals surface area contributed by atoms with E-state index in [-0.39, 0.29) is 12.5 Å². The number of aryl methyl sites for hydroxylation is 1. The molecular formula is C25H19FN8O. The number of hydrogen-bond acceptors (Lipinski definition) is 7. The van der Waals surface area contributed by atoms with E-state index in [2.05, 4.69) is 25.3 Å². The van der Waals surface area contributed by atoms with Crippen molar-refractivity contribution in [2.75, 3.05) is 5.73 Å². The molecule has 0 amide bonds. The van der Waals surface area contributed by atoms with Gasteiger partial charge in [0.25, 0.3) is 0 Å². The predicted molar refractivity (Wildman–Crippen MR) is 129 cm³/mol. The number of benzene rings is 2. The first-order chi connectivity index (χ1) is 17.0. The van der Waals surface area contributed by atoms with Crippen molar-refractivity contribution in [1.82, 2.24) is 24.1 Å². The molecule has 0 spiro atoms. The van der Waals surface area contributed by atoms with Gasteiger partial charge in [-0.05, 0) is 42.3 Å². The van der Waals surface area contributed by atoms with Crippen LogP contribution in [0.4, 0.5) is 16.0 Å². The Morgan fingerprint density at radius 2 is 1.91 bits per heavy atom. The summed E-state index contributed by atoms with van der Waals surface area (Å²) in [5, 5.41) is 13.0. The minimum absolute atomic E-state index is 0.0220. The number of aromatic nitrogens is 5. The number of rotatable bonds is 4. The van der Waals surface area contributed by atoms with E-state index in [0.29, 0.717) is 29.1 Å². The highest BCUT2D eigenvalue weighted by molar-refractivity contribution is 5.91. The third kappa shape index (κ3) is 3.46. The monoisotopic (exact) mass is 466 g/mol. The lowest BCUT2D eigenvalue weighted by Gasteiger charge is -2.13. The maximum atomic E-state index is 13.3. The molecule has 0 bridgehead atoms. The van der Waals surface area contributed by atoms with E-state index in [4.69, 9.17) is 5.73 Å². The maximum Gasteiger partial charge on any atom is 0.353 e. The van der Waals surface area contributed by atoms with Crippen LogP contribution >= 0.6 is 0 Å². The summed E-state index contributed by atoms with van der Waals surface area (Å²) in [5.41, 5.74) is 12.5. The fourth-order valence-corrected chi connectivity index (χ4v) is 4.37. The zero-order chi connectivity index (χ0) is 24.1. The number of azo groups is 1. The normalized spacial score (nSPS) is 12.4. The van der Waals surface area contributed by atoms with Gasteiger partial charge >= 0.3 is 5.69 Å². The van der Waals surface area contributed by atoms with Gasteiger partial charge in [-0.1, -0.05) is 30.3 Å². The standard InChI is InChI=1S/C25H19FN8O/c1-14-9-16(10-17-11-29-31-21(14)17)20-22(15-5-3-2-4-6-15)30-24(27)34-23(20)32-33(25(34)35)13-19-8-7-18(26)12-28-19/h2-10,12H,11,13H2,1H3,(H2,27,30). The Morgan fingerprint density at radius 3 is 2.69 bits per heavy atom. The van der Waals surface area contributed by atoms with Gasteiger partial charge in [-0.15, -0.1) is 5.10 Å². The number of nitrogens with zero attached hydrogens (tertiary/aromatic N) is 7. The van der Waals surface area contributed by atoms with Crippen molar-refractivity contribution >= 4 is 17.3 Å². The Kier molecular flexibility index (Phi) is 4.73. The quantitative estimate of drug-likeness (QED) is 0.424. The molecule has 172 valence electrons. The molecule has 5 aromatic rings. The number of fused-ring (bicyclic) bond motifs is 2. The number of nitrogen functional groups attached to an aromatic ring is 1. The molecule has 10 heteroatoms. The van der Waals surface area contributed by atoms with Gasteiger partial charge in [-0.25, -0.2) is 23.3 Å². The summed E-state index contributed by atoms with van der Waals surface area (Å²) in [6.07, 6.45) is 1.11. The van der Waals surface area contributed by atoms with Gasteiger partial charge in [0.1, 0.15) is 5.82 Å². The van der Waals surface area contributed by atoms with Crippen molar-refractivity contribution in [1.29, 1.82) is 0 Å². The second-order valence-corrected chi connectivity index (χ2v) is 8.33. The smallest absolute Gasteiger partial charge is 0.353 e. The third-order valence-electron chi connectivity index (χ3n) is 5.98. The fraction of sp³-hybridized carbons (Fsp3) is 0.120. The van der Waals surface area contributed by atoms with E-state index >= 15 is 0 Å². The van der Waals surface area contributed by atoms with Crippen LogP contribution in [0.2, 0.25) is 0 Å². The number of pyridine rings is 1. The van der Waals surface area contributed by atoms with Crippen molar-refractivity contribution in [2.24, 2.45) is 10.2 Å². The lowest BCUT2D eigenvalue weighted by Crippen LogP contribution is -2.24. The Morgan fingerprint density at radius 1 is 1.09 bits per heavy atom. The molecule has 35 heavy (non-hydrogen) atoms. The van der Waals surface area contributed by atoms with Crippen molar-refractivity contribution in [3.05, 3.63) is 93.9 Å². The number of halogens is 1. The molecule has 2 aromatic carbocycles. The second-order valence-electron chi connectivity index (χ2n) is 8.33. The summed E-state index contributed by atoms with van der Waals surface area (Å²) in [4.78, 5) is 22.0. The maximum absolute atomic E-state index is 13.3. The van der Waals surface area contributed by atoms with Crippen molar-refractivity contribution in [3.8, 4) is 22.4 Å². The first kappa shape index (κ1) is 20.8. The van der Waals surface area contributed by atoms with Gasteiger partial charge in [0, 0.05) is 11.1 Å². The molecule has 3 aromatic heterocycles. The van der Waals surface area contributed by atoms with Gasteiger partial charge in [0.2, 0.25) is 5.95 Å².